The van der Waals surface area contributed by atoms with Crippen molar-refractivity contribution in [2.75, 3.05) is 27.9 Å². The van der Waals surface area contributed by atoms with Crippen molar-refractivity contribution < 1.29 is 23.8 Å². The number of benzene rings is 1. The van der Waals surface area contributed by atoms with Gasteiger partial charge in [0.15, 0.2) is 11.5 Å². The molecule has 0 aliphatic heterocycles. The Hall–Kier alpha value is -2.77. The zero-order valence-corrected chi connectivity index (χ0v) is 18.4. The molecule has 8 nitrogen and oxygen atoms in total. The Labute approximate surface area is 182 Å². The van der Waals surface area contributed by atoms with Crippen molar-refractivity contribution in [3.8, 4) is 17.2 Å². The van der Waals surface area contributed by atoms with Gasteiger partial charge in [0.25, 0.3) is 5.91 Å². The van der Waals surface area contributed by atoms with Crippen LogP contribution in [0.25, 0.3) is 0 Å². The number of methoxy groups -OCH3 is 3. The number of carbonyl (C=O) groups is 2. The third-order valence-electron chi connectivity index (χ3n) is 7.06. The summed E-state index contributed by atoms with van der Waals surface area (Å²) in [6, 6.07) is 3.40. The SMILES string of the molecule is COc1cc(OC)c(OC)cc1C=NNC(=O)CNC(=O)C12CC3CC(CC(C3)C1)C2. The van der Waals surface area contributed by atoms with Gasteiger partial charge in [-0.05, 0) is 62.3 Å². The van der Waals surface area contributed by atoms with Crippen LogP contribution in [-0.2, 0) is 9.59 Å². The molecule has 168 valence electrons. The average molecular weight is 430 g/mol. The number of nitrogens with zero attached hydrogens (tertiary/aromatic N) is 1. The topological polar surface area (TPSA) is 98.2 Å². The minimum Gasteiger partial charge on any atom is -0.496 e. The summed E-state index contributed by atoms with van der Waals surface area (Å²) in [5, 5.41) is 6.86. The first-order chi connectivity index (χ1) is 15.0. The smallest absolute Gasteiger partial charge is 0.259 e. The molecule has 1 aromatic carbocycles. The van der Waals surface area contributed by atoms with E-state index < -0.39 is 0 Å². The molecular weight excluding hydrogens is 398 g/mol. The highest BCUT2D eigenvalue weighted by Gasteiger charge is 2.54. The molecular formula is C23H31N3O5. The van der Waals surface area contributed by atoms with E-state index in [0.717, 1.165) is 19.3 Å². The van der Waals surface area contributed by atoms with E-state index in [-0.39, 0.29) is 23.8 Å². The van der Waals surface area contributed by atoms with Gasteiger partial charge in [0.05, 0.1) is 34.1 Å². The first kappa shape index (κ1) is 21.5. The standard InChI is InChI=1S/C23H31N3O5/c1-29-18-8-20(31-3)19(30-2)7-17(18)12-25-26-21(27)13-24-22(28)23-9-14-4-15(10-23)6-16(5-14)11-23/h7-8,12,14-16H,4-6,9-11,13H2,1-3H3,(H,24,28)(H,26,27). The number of hydrogen-bond acceptors (Lipinski definition) is 6. The molecule has 0 unspecified atom stereocenters. The van der Waals surface area contributed by atoms with E-state index in [1.54, 1.807) is 26.4 Å². The van der Waals surface area contributed by atoms with Crippen molar-refractivity contribution >= 4 is 18.0 Å². The summed E-state index contributed by atoms with van der Waals surface area (Å²) < 4.78 is 15.9. The van der Waals surface area contributed by atoms with E-state index in [1.807, 2.05) is 0 Å². The molecule has 0 saturated heterocycles. The third kappa shape index (κ3) is 4.34. The number of rotatable bonds is 8. The molecule has 2 amide bonds. The maximum atomic E-state index is 12.9. The molecule has 31 heavy (non-hydrogen) atoms. The van der Waals surface area contributed by atoms with Crippen LogP contribution in [0, 0.1) is 23.2 Å². The van der Waals surface area contributed by atoms with Gasteiger partial charge in [-0.2, -0.15) is 5.10 Å². The highest BCUT2D eigenvalue weighted by Crippen LogP contribution is 2.60. The van der Waals surface area contributed by atoms with Gasteiger partial charge < -0.3 is 19.5 Å². The monoisotopic (exact) mass is 429 g/mol. The normalized spacial score (nSPS) is 28.4. The second-order valence-electron chi connectivity index (χ2n) is 9.12. The molecule has 0 spiro atoms. The molecule has 4 aliphatic carbocycles. The first-order valence-electron chi connectivity index (χ1n) is 10.9. The summed E-state index contributed by atoms with van der Waals surface area (Å²) in [5.74, 6) is 3.32. The lowest BCUT2D eigenvalue weighted by Gasteiger charge is -2.55. The first-order valence-corrected chi connectivity index (χ1v) is 10.9. The second-order valence-corrected chi connectivity index (χ2v) is 9.12. The fourth-order valence-electron chi connectivity index (χ4n) is 6.10. The van der Waals surface area contributed by atoms with Gasteiger partial charge in [0, 0.05) is 17.0 Å². The fourth-order valence-corrected chi connectivity index (χ4v) is 6.10. The number of carbonyl (C=O) groups excluding carboxylic acids is 2. The van der Waals surface area contributed by atoms with Crippen LogP contribution >= 0.6 is 0 Å². The Bertz CT molecular complexity index is 847. The molecule has 4 fully saturated rings. The maximum absolute atomic E-state index is 12.9. The summed E-state index contributed by atoms with van der Waals surface area (Å²) in [6.45, 7) is -0.0823. The molecule has 8 heteroatoms. The van der Waals surface area contributed by atoms with Crippen LogP contribution in [0.3, 0.4) is 0 Å². The number of ether oxygens (including phenoxy) is 3. The molecule has 5 rings (SSSR count). The van der Waals surface area contributed by atoms with Gasteiger partial charge in [-0.25, -0.2) is 5.43 Å². The molecule has 2 N–H and O–H groups in total. The lowest BCUT2D eigenvalue weighted by molar-refractivity contribution is -0.147. The number of nitrogens with one attached hydrogen (secondary N) is 2. The molecule has 0 atom stereocenters. The molecule has 4 saturated carbocycles. The Morgan fingerprint density at radius 1 is 0.968 bits per heavy atom. The molecule has 4 aliphatic rings. The summed E-state index contributed by atoms with van der Waals surface area (Å²) in [5.41, 5.74) is 2.83. The highest BCUT2D eigenvalue weighted by atomic mass is 16.5. The highest BCUT2D eigenvalue weighted by molar-refractivity contribution is 5.89. The van der Waals surface area contributed by atoms with E-state index in [4.69, 9.17) is 14.2 Å². The van der Waals surface area contributed by atoms with Crippen molar-refractivity contribution in [1.29, 1.82) is 0 Å². The van der Waals surface area contributed by atoms with Gasteiger partial charge >= 0.3 is 0 Å². The van der Waals surface area contributed by atoms with Gasteiger partial charge in [-0.1, -0.05) is 0 Å². The number of amides is 2. The Balaban J connectivity index is 1.32. The van der Waals surface area contributed by atoms with Crippen molar-refractivity contribution in [2.24, 2.45) is 28.3 Å². The van der Waals surface area contributed by atoms with Crippen molar-refractivity contribution in [3.63, 3.8) is 0 Å². The van der Waals surface area contributed by atoms with Gasteiger partial charge in [0.1, 0.15) is 5.75 Å². The van der Waals surface area contributed by atoms with Crippen LogP contribution in [0.5, 0.6) is 17.2 Å². The molecule has 4 bridgehead atoms. The van der Waals surface area contributed by atoms with Crippen LogP contribution in [0.1, 0.15) is 44.1 Å². The maximum Gasteiger partial charge on any atom is 0.259 e. The van der Waals surface area contributed by atoms with Crippen LogP contribution in [-0.4, -0.2) is 45.9 Å². The van der Waals surface area contributed by atoms with Gasteiger partial charge in [-0.15, -0.1) is 0 Å². The predicted molar refractivity (Wildman–Crippen MR) is 115 cm³/mol. The Morgan fingerprint density at radius 3 is 2.06 bits per heavy atom. The Morgan fingerprint density at radius 2 is 1.52 bits per heavy atom. The summed E-state index contributed by atoms with van der Waals surface area (Å²) in [6.07, 6.45) is 8.24. The van der Waals surface area contributed by atoms with E-state index in [2.05, 4.69) is 15.8 Å². The number of hydrazone groups is 1. The van der Waals surface area contributed by atoms with E-state index in [1.165, 1.54) is 32.6 Å². The van der Waals surface area contributed by atoms with E-state index >= 15 is 0 Å². The van der Waals surface area contributed by atoms with Crippen LogP contribution in [0.4, 0.5) is 0 Å². The molecule has 1 aromatic rings. The van der Waals surface area contributed by atoms with Crippen LogP contribution < -0.4 is 25.0 Å². The van der Waals surface area contributed by atoms with Crippen molar-refractivity contribution in [2.45, 2.75) is 38.5 Å². The van der Waals surface area contributed by atoms with Gasteiger partial charge in [-0.3, -0.25) is 9.59 Å². The average Bonchev–Trinajstić information content (AvgIpc) is 2.76. The summed E-state index contributed by atoms with van der Waals surface area (Å²) in [7, 11) is 4.62. The van der Waals surface area contributed by atoms with Gasteiger partial charge in [0.2, 0.25) is 5.91 Å². The largest absolute Gasteiger partial charge is 0.496 e. The minimum absolute atomic E-state index is 0.0345. The third-order valence-corrected chi connectivity index (χ3v) is 7.06. The van der Waals surface area contributed by atoms with E-state index in [0.29, 0.717) is 40.6 Å². The minimum atomic E-state index is -0.367. The number of hydrogen-bond donors (Lipinski definition) is 2. The van der Waals surface area contributed by atoms with Crippen LogP contribution in [0.15, 0.2) is 17.2 Å². The van der Waals surface area contributed by atoms with E-state index in [9.17, 15) is 9.59 Å². The fraction of sp³-hybridized carbons (Fsp3) is 0.609. The predicted octanol–water partition coefficient (Wildman–Crippen LogP) is 2.50. The van der Waals surface area contributed by atoms with Crippen LogP contribution in [0.2, 0.25) is 0 Å². The molecule has 0 radical (unpaired) electrons. The molecule has 0 aromatic heterocycles. The van der Waals surface area contributed by atoms with Crippen molar-refractivity contribution in [3.05, 3.63) is 17.7 Å². The second kappa shape index (κ2) is 8.77. The molecule has 0 heterocycles. The quantitative estimate of drug-likeness (QED) is 0.489. The lowest BCUT2D eigenvalue weighted by Crippen LogP contribution is -2.54. The Kier molecular flexibility index (Phi) is 6.07. The van der Waals surface area contributed by atoms with Crippen molar-refractivity contribution in [1.82, 2.24) is 10.7 Å². The lowest BCUT2D eigenvalue weighted by atomic mass is 9.49. The summed E-state index contributed by atoms with van der Waals surface area (Å²) in [4.78, 5) is 25.2. The zero-order chi connectivity index (χ0) is 22.0. The summed E-state index contributed by atoms with van der Waals surface area (Å²) >= 11 is 0. The zero-order valence-electron chi connectivity index (χ0n) is 18.4.